The Morgan fingerprint density at radius 2 is 1.74 bits per heavy atom. The number of nitrogens with zero attached hydrogens (tertiary/aromatic N) is 2. The van der Waals surface area contributed by atoms with Crippen molar-refractivity contribution in [2.45, 2.75) is 43.6 Å². The molecule has 1 spiro atoms. The van der Waals surface area contributed by atoms with E-state index in [4.69, 9.17) is 0 Å². The summed E-state index contributed by atoms with van der Waals surface area (Å²) in [5.41, 5.74) is 6.04. The molecule has 1 amide bonds. The van der Waals surface area contributed by atoms with Crippen molar-refractivity contribution in [3.8, 4) is 0 Å². The third kappa shape index (κ3) is 4.10. The van der Waals surface area contributed by atoms with Crippen molar-refractivity contribution in [3.63, 3.8) is 0 Å². The summed E-state index contributed by atoms with van der Waals surface area (Å²) in [4.78, 5) is 21.5. The van der Waals surface area contributed by atoms with Crippen LogP contribution in [0.25, 0.3) is 17.0 Å². The van der Waals surface area contributed by atoms with E-state index < -0.39 is 5.54 Å². The zero-order valence-corrected chi connectivity index (χ0v) is 22.1. The predicted octanol–water partition coefficient (Wildman–Crippen LogP) is 7.02. The maximum Gasteiger partial charge on any atom is 0.247 e. The van der Waals surface area contributed by atoms with Crippen LogP contribution in [0.15, 0.2) is 78.9 Å². The van der Waals surface area contributed by atoms with Crippen LogP contribution in [0.4, 0.5) is 10.1 Å². The van der Waals surface area contributed by atoms with Gasteiger partial charge in [-0.15, -0.1) is 0 Å². The number of rotatable bonds is 4. The molecule has 4 nitrogen and oxygen atoms in total. The topological polar surface area (TPSA) is 39.3 Å². The van der Waals surface area contributed by atoms with Crippen LogP contribution in [0.1, 0.15) is 54.0 Å². The van der Waals surface area contributed by atoms with Crippen LogP contribution in [0.2, 0.25) is 0 Å². The molecule has 194 valence electrons. The smallest absolute Gasteiger partial charge is 0.247 e. The monoisotopic (exact) mass is 507 g/mol. The molecular formula is C33H34FN3O. The lowest BCUT2D eigenvalue weighted by atomic mass is 9.69. The van der Waals surface area contributed by atoms with Crippen LogP contribution in [0.5, 0.6) is 0 Å². The Hall–Kier alpha value is -3.86. The molecular weight excluding hydrogens is 473 g/mol. The first kappa shape index (κ1) is 24.5. The van der Waals surface area contributed by atoms with Crippen LogP contribution in [-0.2, 0) is 16.8 Å². The minimum absolute atomic E-state index is 0.0522. The molecule has 0 atom stereocenters. The van der Waals surface area contributed by atoms with Crippen molar-refractivity contribution >= 4 is 28.6 Å². The molecule has 38 heavy (non-hydrogen) atoms. The summed E-state index contributed by atoms with van der Waals surface area (Å²) in [6.07, 6.45) is 7.95. The highest BCUT2D eigenvalue weighted by molar-refractivity contribution is 5.93. The third-order valence-electron chi connectivity index (χ3n) is 8.58. The number of nitrogens with one attached hydrogen (secondary N) is 1. The maximum absolute atomic E-state index is 14.8. The lowest BCUT2D eigenvalue weighted by Crippen LogP contribution is -2.54. The minimum Gasteiger partial charge on any atom is -0.375 e. The Balaban J connectivity index is 1.37. The molecule has 1 N–H and O–H groups in total. The number of carbonyl (C=O) groups excluding carboxylic acids is 1. The lowest BCUT2D eigenvalue weighted by molar-refractivity contribution is -0.135. The number of halogens is 1. The molecule has 1 aliphatic carbocycles. The van der Waals surface area contributed by atoms with Gasteiger partial charge in [0.1, 0.15) is 5.82 Å². The van der Waals surface area contributed by atoms with Crippen molar-refractivity contribution in [3.05, 3.63) is 107 Å². The molecule has 1 aromatic heterocycles. The highest BCUT2D eigenvalue weighted by Gasteiger charge is 2.48. The van der Waals surface area contributed by atoms with E-state index in [0.717, 1.165) is 48.7 Å². The van der Waals surface area contributed by atoms with Crippen molar-refractivity contribution in [1.82, 2.24) is 9.88 Å². The minimum atomic E-state index is -0.396. The Bertz CT molecular complexity index is 1500. The van der Waals surface area contributed by atoms with Gasteiger partial charge in [0.2, 0.25) is 5.91 Å². The highest BCUT2D eigenvalue weighted by atomic mass is 19.1. The van der Waals surface area contributed by atoms with Crippen LogP contribution in [0, 0.1) is 5.82 Å². The van der Waals surface area contributed by atoms with Gasteiger partial charge in [-0.1, -0.05) is 60.7 Å². The molecule has 5 heteroatoms. The van der Waals surface area contributed by atoms with Gasteiger partial charge in [0.15, 0.2) is 0 Å². The summed E-state index contributed by atoms with van der Waals surface area (Å²) >= 11 is 0. The van der Waals surface area contributed by atoms with Gasteiger partial charge in [-0.3, -0.25) is 4.79 Å². The van der Waals surface area contributed by atoms with Crippen molar-refractivity contribution in [1.29, 1.82) is 0 Å². The van der Waals surface area contributed by atoms with Crippen LogP contribution in [0.3, 0.4) is 0 Å². The first-order valence-electron chi connectivity index (χ1n) is 13.6. The summed E-state index contributed by atoms with van der Waals surface area (Å²) in [6, 6.07) is 23.9. The molecule has 2 heterocycles. The second-order valence-corrected chi connectivity index (χ2v) is 10.9. The number of aromatic nitrogens is 1. The summed E-state index contributed by atoms with van der Waals surface area (Å²) in [6.45, 7) is 0.695. The molecule has 0 unspecified atom stereocenters. The summed E-state index contributed by atoms with van der Waals surface area (Å²) in [5, 5.41) is 1.26. The zero-order valence-electron chi connectivity index (χ0n) is 22.1. The number of H-pyrrole nitrogens is 1. The summed E-state index contributed by atoms with van der Waals surface area (Å²) in [5.74, 6) is 0.128. The fraction of sp³-hybridized carbons (Fsp3) is 0.303. The molecule has 0 bridgehead atoms. The summed E-state index contributed by atoms with van der Waals surface area (Å²) < 4.78 is 14.8. The van der Waals surface area contributed by atoms with E-state index in [2.05, 4.69) is 40.2 Å². The van der Waals surface area contributed by atoms with Crippen molar-refractivity contribution in [2.24, 2.45) is 0 Å². The standard InChI is InChI=1S/C33H34FN3O/c1-36(2)31-25(12-8-13-28(31)34)24-17-20-33(21-18-24)32-27(26-11-6-7-14-29(26)35-32)19-22-37(33)30(38)16-15-23-9-4-3-5-10-23/h3-16,24,35H,17-22H2,1-2H3/b16-15+. The first-order valence-corrected chi connectivity index (χ1v) is 13.6. The number of anilines is 1. The molecule has 4 aromatic rings. The van der Waals surface area contributed by atoms with E-state index in [1.165, 1.54) is 16.6 Å². The SMILES string of the molecule is CN(C)c1c(F)cccc1C1CCC2(CC1)c1[nH]c3ccccc3c1CCN2C(=O)/C=C/c1ccccc1. The van der Waals surface area contributed by atoms with Crippen molar-refractivity contribution < 1.29 is 9.18 Å². The Kier molecular flexibility index (Phi) is 6.30. The van der Waals surface area contributed by atoms with Gasteiger partial charge in [-0.25, -0.2) is 4.39 Å². The van der Waals surface area contributed by atoms with E-state index in [1.807, 2.05) is 61.5 Å². The van der Waals surface area contributed by atoms with Gasteiger partial charge in [0.25, 0.3) is 0 Å². The second-order valence-electron chi connectivity index (χ2n) is 10.9. The third-order valence-corrected chi connectivity index (χ3v) is 8.58. The van der Waals surface area contributed by atoms with Gasteiger partial charge in [-0.2, -0.15) is 0 Å². The Labute approximate surface area is 223 Å². The normalized spacial score (nSPS) is 21.2. The number of benzene rings is 3. The Morgan fingerprint density at radius 1 is 1.00 bits per heavy atom. The number of hydrogen-bond donors (Lipinski definition) is 1. The fourth-order valence-corrected chi connectivity index (χ4v) is 6.83. The summed E-state index contributed by atoms with van der Waals surface area (Å²) in [7, 11) is 3.81. The predicted molar refractivity (Wildman–Crippen MR) is 153 cm³/mol. The number of hydrogen-bond acceptors (Lipinski definition) is 2. The van der Waals surface area contributed by atoms with Gasteiger partial charge >= 0.3 is 0 Å². The van der Waals surface area contributed by atoms with E-state index in [1.54, 1.807) is 12.1 Å². The molecule has 3 aromatic carbocycles. The van der Waals surface area contributed by atoms with Crippen LogP contribution >= 0.6 is 0 Å². The van der Waals surface area contributed by atoms with Gasteiger partial charge in [-0.05, 0) is 72.9 Å². The van der Waals surface area contributed by atoms with Gasteiger partial charge < -0.3 is 14.8 Å². The largest absolute Gasteiger partial charge is 0.375 e. The fourth-order valence-electron chi connectivity index (χ4n) is 6.83. The molecule has 0 radical (unpaired) electrons. The molecule has 1 saturated carbocycles. The lowest BCUT2D eigenvalue weighted by Gasteiger charge is -2.50. The number of aromatic amines is 1. The number of carbonyl (C=O) groups is 1. The Morgan fingerprint density at radius 3 is 2.50 bits per heavy atom. The van der Waals surface area contributed by atoms with Gasteiger partial charge in [0, 0.05) is 43.3 Å². The maximum atomic E-state index is 14.8. The van der Waals surface area contributed by atoms with E-state index in [9.17, 15) is 9.18 Å². The van der Waals surface area contributed by atoms with Gasteiger partial charge in [0.05, 0.1) is 11.2 Å². The molecule has 1 fully saturated rings. The van der Waals surface area contributed by atoms with Crippen molar-refractivity contribution in [2.75, 3.05) is 25.5 Å². The van der Waals surface area contributed by atoms with Crippen LogP contribution in [-0.4, -0.2) is 36.4 Å². The van der Waals surface area contributed by atoms with E-state index in [0.29, 0.717) is 12.2 Å². The van der Waals surface area contributed by atoms with E-state index >= 15 is 0 Å². The number of amides is 1. The number of fused-ring (bicyclic) bond motifs is 4. The molecule has 6 rings (SSSR count). The second kappa shape index (κ2) is 9.79. The molecule has 0 saturated heterocycles. The quantitative estimate of drug-likeness (QED) is 0.301. The van der Waals surface area contributed by atoms with Crippen LogP contribution < -0.4 is 4.90 Å². The first-order chi connectivity index (χ1) is 18.5. The molecule has 1 aliphatic heterocycles. The average molecular weight is 508 g/mol. The number of para-hydroxylation sites is 2. The average Bonchev–Trinajstić information content (AvgIpc) is 3.33. The highest BCUT2D eigenvalue weighted by Crippen LogP contribution is 2.52. The molecule has 2 aliphatic rings. The zero-order chi connectivity index (χ0) is 26.3. The van der Waals surface area contributed by atoms with E-state index in [-0.39, 0.29) is 17.6 Å².